The number of benzene rings is 1. The van der Waals surface area contributed by atoms with E-state index in [1.807, 2.05) is 4.90 Å². The molecule has 0 aliphatic carbocycles. The Morgan fingerprint density at radius 2 is 1.75 bits per heavy atom. The van der Waals surface area contributed by atoms with Crippen LogP contribution in [0.3, 0.4) is 0 Å². The summed E-state index contributed by atoms with van der Waals surface area (Å²) < 4.78 is 53.0. The molecule has 2 fully saturated rings. The van der Waals surface area contributed by atoms with Crippen molar-refractivity contribution in [2.75, 3.05) is 31.1 Å². The summed E-state index contributed by atoms with van der Waals surface area (Å²) in [5.41, 5.74) is -0.448. The number of nitrogens with one attached hydrogen (secondary N) is 2. The maximum atomic E-state index is 14.5. The van der Waals surface area contributed by atoms with Gasteiger partial charge in [0.15, 0.2) is 0 Å². The summed E-state index contributed by atoms with van der Waals surface area (Å²) in [6, 6.07) is 8.28. The number of amides is 1. The minimum atomic E-state index is -4.44. The van der Waals surface area contributed by atoms with Gasteiger partial charge in [-0.2, -0.15) is 13.2 Å². The molecule has 10 heteroatoms. The highest BCUT2D eigenvalue weighted by atomic mass is 19.4. The van der Waals surface area contributed by atoms with E-state index in [9.17, 15) is 22.4 Å². The molecule has 5 rings (SSSR count). The monoisotopic (exact) mass is 497 g/mol. The molecule has 0 spiro atoms. The summed E-state index contributed by atoms with van der Waals surface area (Å²) in [4.78, 5) is 21.3. The second-order valence-corrected chi connectivity index (χ2v) is 9.04. The van der Waals surface area contributed by atoms with Crippen LogP contribution in [-0.2, 0) is 11.0 Å². The lowest BCUT2D eigenvalue weighted by Gasteiger charge is -2.25. The fourth-order valence-corrected chi connectivity index (χ4v) is 4.95. The molecule has 2 unspecified atom stereocenters. The van der Waals surface area contributed by atoms with Crippen molar-refractivity contribution < 1.29 is 22.4 Å². The highest BCUT2D eigenvalue weighted by Crippen LogP contribution is 2.35. The molecule has 2 saturated heterocycles. The smallest absolute Gasteiger partial charge is 0.361 e. The van der Waals surface area contributed by atoms with Crippen LogP contribution in [0.4, 0.5) is 23.4 Å². The van der Waals surface area contributed by atoms with Crippen LogP contribution in [0.1, 0.15) is 11.1 Å². The Bertz CT molecular complexity index is 1270. The number of pyridine rings is 1. The number of rotatable bonds is 4. The molecule has 2 aromatic rings. The number of halogens is 4. The lowest BCUT2D eigenvalue weighted by atomic mass is 9.98. The topological polar surface area (TPSA) is 72.3 Å². The van der Waals surface area contributed by atoms with Crippen molar-refractivity contribution in [2.45, 2.75) is 6.18 Å². The average Bonchev–Trinajstić information content (AvgIpc) is 3.44. The van der Waals surface area contributed by atoms with Crippen molar-refractivity contribution >= 4 is 17.4 Å². The Morgan fingerprint density at radius 1 is 1.03 bits per heavy atom. The van der Waals surface area contributed by atoms with E-state index in [0.29, 0.717) is 37.7 Å². The van der Waals surface area contributed by atoms with Gasteiger partial charge in [0.1, 0.15) is 11.6 Å². The number of carbonyl (C=O) groups is 1. The summed E-state index contributed by atoms with van der Waals surface area (Å²) in [6.45, 7) is 1.98. The van der Waals surface area contributed by atoms with Gasteiger partial charge in [-0.1, -0.05) is 18.2 Å². The fraction of sp³-hybridized carbons (Fsp3) is 0.269. The van der Waals surface area contributed by atoms with Crippen molar-refractivity contribution in [2.24, 2.45) is 11.8 Å². The summed E-state index contributed by atoms with van der Waals surface area (Å²) >= 11 is 0. The first kappa shape index (κ1) is 23.8. The summed E-state index contributed by atoms with van der Waals surface area (Å²) in [5, 5.41) is 11.7. The van der Waals surface area contributed by atoms with Crippen LogP contribution in [0.25, 0.3) is 0 Å². The van der Waals surface area contributed by atoms with Crippen LogP contribution in [0.15, 0.2) is 78.3 Å². The number of fused-ring (bicyclic) bond motifs is 1. The van der Waals surface area contributed by atoms with Crippen LogP contribution in [0.2, 0.25) is 0 Å². The van der Waals surface area contributed by atoms with Gasteiger partial charge >= 0.3 is 6.18 Å². The summed E-state index contributed by atoms with van der Waals surface area (Å²) in [7, 11) is 0. The van der Waals surface area contributed by atoms with E-state index >= 15 is 0 Å². The Labute approximate surface area is 205 Å². The third kappa shape index (κ3) is 4.50. The second kappa shape index (κ2) is 9.25. The van der Waals surface area contributed by atoms with Crippen LogP contribution in [-0.4, -0.2) is 47.7 Å². The van der Waals surface area contributed by atoms with Gasteiger partial charge < -0.3 is 15.1 Å². The minimum absolute atomic E-state index is 0.0389. The lowest BCUT2D eigenvalue weighted by Crippen LogP contribution is -2.37. The summed E-state index contributed by atoms with van der Waals surface area (Å²) in [5.74, 6) is -0.243. The third-order valence-electron chi connectivity index (χ3n) is 6.76. The molecule has 186 valence electrons. The molecular weight excluding hydrogens is 474 g/mol. The van der Waals surface area contributed by atoms with Crippen LogP contribution >= 0.6 is 0 Å². The number of aromatic nitrogens is 1. The number of likely N-dealkylation sites (tertiary alicyclic amines) is 1. The number of allylic oxidation sites excluding steroid dienone is 3. The lowest BCUT2D eigenvalue weighted by molar-refractivity contribution is -0.137. The van der Waals surface area contributed by atoms with Crippen LogP contribution < -0.4 is 10.2 Å². The van der Waals surface area contributed by atoms with Crippen LogP contribution in [0, 0.1) is 23.1 Å². The average molecular weight is 497 g/mol. The highest BCUT2D eigenvalue weighted by molar-refractivity contribution is 6.27. The molecule has 0 bridgehead atoms. The maximum absolute atomic E-state index is 14.5. The molecule has 36 heavy (non-hydrogen) atoms. The van der Waals surface area contributed by atoms with Gasteiger partial charge in [0.2, 0.25) is 0 Å². The molecule has 2 atom stereocenters. The van der Waals surface area contributed by atoms with Gasteiger partial charge in [0.05, 0.1) is 22.5 Å². The molecule has 0 saturated carbocycles. The third-order valence-corrected chi connectivity index (χ3v) is 6.76. The molecule has 4 heterocycles. The van der Waals surface area contributed by atoms with E-state index in [1.54, 1.807) is 35.4 Å². The number of hydrogen-bond donors (Lipinski definition) is 2. The maximum Gasteiger partial charge on any atom is 0.417 e. The Balaban J connectivity index is 1.33. The van der Waals surface area contributed by atoms with E-state index in [2.05, 4.69) is 10.3 Å². The molecule has 2 N–H and O–H groups in total. The van der Waals surface area contributed by atoms with Crippen LogP contribution in [0.5, 0.6) is 0 Å². The molecule has 1 aromatic carbocycles. The Kier molecular flexibility index (Phi) is 6.11. The first-order chi connectivity index (χ1) is 17.2. The predicted octanol–water partition coefficient (Wildman–Crippen LogP) is 4.13. The molecule has 1 aromatic heterocycles. The van der Waals surface area contributed by atoms with Gasteiger partial charge in [-0.25, -0.2) is 9.37 Å². The van der Waals surface area contributed by atoms with Gasteiger partial charge in [0, 0.05) is 56.0 Å². The minimum Gasteiger partial charge on any atom is -0.361 e. The van der Waals surface area contributed by atoms with Crippen molar-refractivity contribution in [1.29, 1.82) is 5.41 Å². The first-order valence-electron chi connectivity index (χ1n) is 11.5. The zero-order chi connectivity index (χ0) is 25.4. The molecule has 0 radical (unpaired) electrons. The van der Waals surface area contributed by atoms with E-state index < -0.39 is 17.6 Å². The van der Waals surface area contributed by atoms with Gasteiger partial charge in [-0.15, -0.1) is 0 Å². The van der Waals surface area contributed by atoms with Gasteiger partial charge in [0.25, 0.3) is 5.91 Å². The Hall–Kier alpha value is -3.95. The fourth-order valence-electron chi connectivity index (χ4n) is 4.95. The summed E-state index contributed by atoms with van der Waals surface area (Å²) in [6.07, 6.45) is 3.21. The number of carbonyl (C=O) groups excluding carboxylic acids is 1. The quantitative estimate of drug-likeness (QED) is 0.379. The SMILES string of the molecule is N=C(/C(C(=O)N1CC2CN(c3ccc(C(F)(F)F)cn3)CC2C1)=C1/C=CC=CN1)c1ccccc1F. The molecular formula is C26H23F4N5O. The van der Waals surface area contributed by atoms with Gasteiger partial charge in [-0.3, -0.25) is 10.2 Å². The van der Waals surface area contributed by atoms with Crippen molar-refractivity contribution in [1.82, 2.24) is 15.2 Å². The predicted molar refractivity (Wildman–Crippen MR) is 127 cm³/mol. The van der Waals surface area contributed by atoms with E-state index in [-0.39, 0.29) is 34.6 Å². The number of dihydropyridines is 1. The second-order valence-electron chi connectivity index (χ2n) is 9.04. The van der Waals surface area contributed by atoms with E-state index in [1.165, 1.54) is 24.3 Å². The number of alkyl halides is 3. The van der Waals surface area contributed by atoms with Crippen molar-refractivity contribution in [3.63, 3.8) is 0 Å². The number of hydrogen-bond acceptors (Lipinski definition) is 5. The molecule has 1 amide bonds. The zero-order valence-corrected chi connectivity index (χ0v) is 19.1. The van der Waals surface area contributed by atoms with Crippen molar-refractivity contribution in [3.05, 3.63) is 95.2 Å². The first-order valence-corrected chi connectivity index (χ1v) is 11.5. The normalized spacial score (nSPS) is 22.4. The largest absolute Gasteiger partial charge is 0.417 e. The highest BCUT2D eigenvalue weighted by Gasteiger charge is 2.43. The Morgan fingerprint density at radius 3 is 2.33 bits per heavy atom. The van der Waals surface area contributed by atoms with Gasteiger partial charge in [-0.05, 0) is 36.4 Å². The van der Waals surface area contributed by atoms with E-state index in [4.69, 9.17) is 5.41 Å². The molecule has 3 aliphatic rings. The van der Waals surface area contributed by atoms with Crippen molar-refractivity contribution in [3.8, 4) is 0 Å². The molecule has 6 nitrogen and oxygen atoms in total. The molecule has 3 aliphatic heterocycles. The number of anilines is 1. The zero-order valence-electron chi connectivity index (χ0n) is 19.1. The van der Waals surface area contributed by atoms with E-state index in [0.717, 1.165) is 12.3 Å². The standard InChI is InChI=1S/C26H23F4N5O/c27-20-6-2-1-5-19(20)24(31)23(21-7-3-4-10-32-21)25(36)35-14-16-12-34(13-17(16)15-35)22-9-8-18(11-33-22)26(28,29)30/h1-11,16-17,31-32H,12-15H2/b23-21+,31-24?. The number of nitrogens with zero attached hydrogens (tertiary/aromatic N) is 3.